The van der Waals surface area contributed by atoms with E-state index >= 15 is 0 Å². The quantitative estimate of drug-likeness (QED) is 0.510. The van der Waals surface area contributed by atoms with E-state index in [4.69, 9.17) is 0 Å². The normalized spacial score (nSPS) is 18.2. The maximum absolute atomic E-state index is 12.9. The second kappa shape index (κ2) is 8.45. The molecule has 0 fully saturated rings. The Labute approximate surface area is 177 Å². The molecule has 2 atom stereocenters. The van der Waals surface area contributed by atoms with Gasteiger partial charge < -0.3 is 10.1 Å². The van der Waals surface area contributed by atoms with E-state index < -0.39 is 6.36 Å². The van der Waals surface area contributed by atoms with E-state index in [1.54, 1.807) is 10.7 Å². The van der Waals surface area contributed by atoms with Crippen LogP contribution < -0.4 is 10.1 Å². The van der Waals surface area contributed by atoms with Crippen LogP contribution in [0.5, 0.6) is 5.75 Å². The number of nitrogens with zero attached hydrogens (tertiary/aromatic N) is 2. The molecule has 3 aromatic rings. The van der Waals surface area contributed by atoms with Gasteiger partial charge in [0.15, 0.2) is 5.78 Å². The van der Waals surface area contributed by atoms with E-state index in [1.807, 2.05) is 37.3 Å². The van der Waals surface area contributed by atoms with Crippen LogP contribution in [0.3, 0.4) is 0 Å². The first kappa shape index (κ1) is 21.0. The lowest BCUT2D eigenvalue weighted by Gasteiger charge is -2.31. The van der Waals surface area contributed by atoms with E-state index in [-0.39, 0.29) is 36.5 Å². The van der Waals surface area contributed by atoms with Crippen LogP contribution in [0.1, 0.15) is 53.3 Å². The smallest absolute Gasteiger partial charge is 0.406 e. The van der Waals surface area contributed by atoms with E-state index in [2.05, 4.69) is 15.2 Å². The maximum atomic E-state index is 12.9. The monoisotopic (exact) mass is 429 g/mol. The first-order valence-corrected chi connectivity index (χ1v) is 10.1. The van der Waals surface area contributed by atoms with Crippen molar-refractivity contribution in [2.24, 2.45) is 0 Å². The number of alkyl halides is 3. The van der Waals surface area contributed by atoms with Crippen molar-refractivity contribution in [3.05, 3.63) is 77.5 Å². The fourth-order valence-corrected chi connectivity index (χ4v) is 3.93. The number of rotatable bonds is 6. The number of carbonyl (C=O) groups excluding carboxylic acids is 1. The van der Waals surface area contributed by atoms with Gasteiger partial charge in [0.1, 0.15) is 11.6 Å². The van der Waals surface area contributed by atoms with Gasteiger partial charge in [0.25, 0.3) is 0 Å². The van der Waals surface area contributed by atoms with Crippen LogP contribution in [0, 0.1) is 0 Å². The lowest BCUT2D eigenvalue weighted by molar-refractivity contribution is -0.274. The number of aryl methyl sites for hydroxylation is 1. The highest BCUT2D eigenvalue weighted by Gasteiger charge is 2.32. The number of fused-ring (bicyclic) bond motifs is 1. The van der Waals surface area contributed by atoms with Gasteiger partial charge in [0, 0.05) is 6.42 Å². The van der Waals surface area contributed by atoms with E-state index in [0.717, 1.165) is 12.0 Å². The van der Waals surface area contributed by atoms with E-state index in [0.29, 0.717) is 16.9 Å². The molecule has 31 heavy (non-hydrogen) atoms. The van der Waals surface area contributed by atoms with Crippen LogP contribution in [0.25, 0.3) is 0 Å². The maximum Gasteiger partial charge on any atom is 0.573 e. The Hall–Kier alpha value is -3.29. The zero-order valence-corrected chi connectivity index (χ0v) is 16.9. The van der Waals surface area contributed by atoms with Crippen molar-refractivity contribution in [1.82, 2.24) is 9.78 Å². The Bertz CT molecular complexity index is 1060. The van der Waals surface area contributed by atoms with Gasteiger partial charge in [-0.1, -0.05) is 48.5 Å². The number of hydrogen-bond donors (Lipinski definition) is 1. The van der Waals surface area contributed by atoms with Crippen LogP contribution in [0.2, 0.25) is 0 Å². The highest BCUT2D eigenvalue weighted by atomic mass is 19.4. The summed E-state index contributed by atoms with van der Waals surface area (Å²) in [6.07, 6.45) is -2.24. The summed E-state index contributed by atoms with van der Waals surface area (Å²) in [4.78, 5) is 12.9. The molecule has 2 aromatic carbocycles. The Morgan fingerprint density at radius 1 is 1.16 bits per heavy atom. The molecule has 8 heteroatoms. The standard InChI is InChI=1S/C23H22F3N3O2/c1-15-13-19(16-7-3-2-4-8-16)28-22-18(14-27-29(15)22)20(30)12-11-17-9-5-6-10-21(17)31-23(24,25)26/h2-10,14-15,19,28H,11-13H2,1H3. The van der Waals surface area contributed by atoms with Crippen molar-refractivity contribution in [3.63, 3.8) is 0 Å². The number of benzene rings is 2. The van der Waals surface area contributed by atoms with Crippen molar-refractivity contribution in [3.8, 4) is 5.75 Å². The van der Waals surface area contributed by atoms with Gasteiger partial charge in [-0.3, -0.25) is 4.79 Å². The fraction of sp³-hybridized carbons (Fsp3) is 0.304. The third-order valence-corrected chi connectivity index (χ3v) is 5.42. The van der Waals surface area contributed by atoms with Crippen LogP contribution in [0.4, 0.5) is 19.0 Å². The Morgan fingerprint density at radius 2 is 1.87 bits per heavy atom. The topological polar surface area (TPSA) is 56.1 Å². The first-order valence-electron chi connectivity index (χ1n) is 10.1. The van der Waals surface area contributed by atoms with Gasteiger partial charge in [-0.25, -0.2) is 4.68 Å². The molecular weight excluding hydrogens is 407 g/mol. The Morgan fingerprint density at radius 3 is 2.61 bits per heavy atom. The minimum atomic E-state index is -4.78. The van der Waals surface area contributed by atoms with Gasteiger partial charge >= 0.3 is 6.36 Å². The number of nitrogens with one attached hydrogen (secondary N) is 1. The van der Waals surface area contributed by atoms with Gasteiger partial charge in [0.2, 0.25) is 0 Å². The number of ketones is 1. The lowest BCUT2D eigenvalue weighted by atomic mass is 9.97. The van der Waals surface area contributed by atoms with Gasteiger partial charge in [-0.05, 0) is 37.0 Å². The van der Waals surface area contributed by atoms with Gasteiger partial charge in [-0.15, -0.1) is 13.2 Å². The number of halogens is 3. The van der Waals surface area contributed by atoms with Crippen LogP contribution in [-0.2, 0) is 6.42 Å². The number of aromatic nitrogens is 2. The molecule has 0 aliphatic carbocycles. The molecule has 0 radical (unpaired) electrons. The number of anilines is 1. The summed E-state index contributed by atoms with van der Waals surface area (Å²) >= 11 is 0. The molecule has 0 amide bonds. The molecule has 2 unspecified atom stereocenters. The molecule has 1 aliphatic heterocycles. The molecule has 2 heterocycles. The molecule has 0 saturated heterocycles. The van der Waals surface area contributed by atoms with Crippen molar-refractivity contribution in [1.29, 1.82) is 0 Å². The van der Waals surface area contributed by atoms with Gasteiger partial charge in [0.05, 0.1) is 23.8 Å². The predicted octanol–water partition coefficient (Wildman–Crippen LogP) is 5.72. The zero-order chi connectivity index (χ0) is 22.0. The highest BCUT2D eigenvalue weighted by molar-refractivity contribution is 6.00. The summed E-state index contributed by atoms with van der Waals surface area (Å²) in [7, 11) is 0. The van der Waals surface area contributed by atoms with E-state index in [9.17, 15) is 18.0 Å². The summed E-state index contributed by atoms with van der Waals surface area (Å²) < 4.78 is 43.8. The van der Waals surface area contributed by atoms with Crippen molar-refractivity contribution < 1.29 is 22.7 Å². The molecule has 1 aliphatic rings. The molecule has 5 nitrogen and oxygen atoms in total. The predicted molar refractivity (Wildman–Crippen MR) is 110 cm³/mol. The molecule has 4 rings (SSSR count). The average Bonchev–Trinajstić information content (AvgIpc) is 3.17. The number of Topliss-reactive ketones (excluding diaryl/α,β-unsaturated/α-hetero) is 1. The lowest BCUT2D eigenvalue weighted by Crippen LogP contribution is -2.26. The first-order chi connectivity index (χ1) is 14.8. The largest absolute Gasteiger partial charge is 0.573 e. The molecule has 0 saturated carbocycles. The summed E-state index contributed by atoms with van der Waals surface area (Å²) in [5, 5.41) is 7.79. The van der Waals surface area contributed by atoms with Gasteiger partial charge in [-0.2, -0.15) is 5.10 Å². The molecule has 162 valence electrons. The third kappa shape index (κ3) is 4.73. The van der Waals surface area contributed by atoms with Crippen LogP contribution >= 0.6 is 0 Å². The minimum absolute atomic E-state index is 0.0446. The van der Waals surface area contributed by atoms with E-state index in [1.165, 1.54) is 24.4 Å². The second-order valence-corrected chi connectivity index (χ2v) is 7.62. The molecule has 0 spiro atoms. The SMILES string of the molecule is CC1CC(c2ccccc2)Nc2c(C(=O)CCc3ccccc3OC(F)(F)F)cnn21. The summed E-state index contributed by atoms with van der Waals surface area (Å²) in [5.74, 6) is 0.185. The number of hydrogen-bond acceptors (Lipinski definition) is 4. The fourth-order valence-electron chi connectivity index (χ4n) is 3.93. The van der Waals surface area contributed by atoms with Crippen LogP contribution in [-0.4, -0.2) is 21.9 Å². The third-order valence-electron chi connectivity index (χ3n) is 5.42. The minimum Gasteiger partial charge on any atom is -0.406 e. The summed E-state index contributed by atoms with van der Waals surface area (Å²) in [6, 6.07) is 16.0. The molecule has 0 bridgehead atoms. The van der Waals surface area contributed by atoms with Crippen molar-refractivity contribution in [2.45, 2.75) is 44.6 Å². The van der Waals surface area contributed by atoms with Crippen molar-refractivity contribution in [2.75, 3.05) is 5.32 Å². The Balaban J connectivity index is 1.51. The molecule has 1 N–H and O–H groups in total. The molecule has 1 aromatic heterocycles. The number of para-hydroxylation sites is 1. The van der Waals surface area contributed by atoms with Crippen LogP contribution in [0.15, 0.2) is 60.8 Å². The number of ether oxygens (including phenoxy) is 1. The van der Waals surface area contributed by atoms with Crippen molar-refractivity contribution >= 4 is 11.6 Å². The zero-order valence-electron chi connectivity index (χ0n) is 16.9. The molecular formula is C23H22F3N3O2. The second-order valence-electron chi connectivity index (χ2n) is 7.62. The average molecular weight is 429 g/mol. The Kier molecular flexibility index (Phi) is 5.71. The highest BCUT2D eigenvalue weighted by Crippen LogP contribution is 2.37. The summed E-state index contributed by atoms with van der Waals surface area (Å²) in [5.41, 5.74) is 1.90. The number of carbonyl (C=O) groups is 1. The summed E-state index contributed by atoms with van der Waals surface area (Å²) in [6.45, 7) is 2.05.